The van der Waals surface area contributed by atoms with Gasteiger partial charge in [0.15, 0.2) is 17.0 Å². The number of hydrogen-bond donors (Lipinski definition) is 4. The van der Waals surface area contributed by atoms with Crippen LogP contribution in [-0.4, -0.2) is 57.5 Å². The van der Waals surface area contributed by atoms with Gasteiger partial charge in [0.25, 0.3) is 5.91 Å². The lowest BCUT2D eigenvalue weighted by Crippen LogP contribution is -2.46. The normalized spacial score (nSPS) is 17.0. The van der Waals surface area contributed by atoms with Crippen LogP contribution in [-0.2, 0) is 27.3 Å². The Hall–Kier alpha value is -3.25. The van der Waals surface area contributed by atoms with Crippen LogP contribution < -0.4 is 16.4 Å². The van der Waals surface area contributed by atoms with Crippen molar-refractivity contribution in [1.82, 2.24) is 10.2 Å². The van der Waals surface area contributed by atoms with Crippen LogP contribution in [0.2, 0.25) is 0 Å². The van der Waals surface area contributed by atoms with E-state index >= 15 is 0 Å². The van der Waals surface area contributed by atoms with Crippen molar-refractivity contribution in [2.75, 3.05) is 17.6 Å². The van der Waals surface area contributed by atoms with Crippen molar-refractivity contribution in [3.63, 3.8) is 0 Å². The molecule has 0 saturated carbocycles. The van der Waals surface area contributed by atoms with E-state index in [1.165, 1.54) is 16.7 Å². The number of benzene rings is 2. The number of carboxylic acids is 1. The average Bonchev–Trinajstić information content (AvgIpc) is 3.34. The number of carbonyl (C=O) groups is 3. The van der Waals surface area contributed by atoms with E-state index in [4.69, 9.17) is 5.73 Å². The zero-order valence-corrected chi connectivity index (χ0v) is 22.8. The molecule has 0 bridgehead atoms. The number of carboxylic acid groups (broad SMARTS) is 1. The molecular weight excluding hydrogens is 533 g/mol. The van der Waals surface area contributed by atoms with Crippen LogP contribution in [0.4, 0.5) is 18.9 Å². The van der Waals surface area contributed by atoms with E-state index in [2.05, 4.69) is 10.6 Å². The standard InChI is InChI=1S/C27H33F3N4O4S/c1-27(2,3)23(26(37)38)33-18-6-4-15(5-7-18)14-32-24(36)25-34(8-9-39-25)22(35)12-17(31)10-16-11-20(29)21(30)13-19(16)28/h4-7,11,13,17,23,25,33H,8-10,12,14,31H2,1-3H3,(H,32,36)(H,37,38)/t17-,23-,25?/m1/s1. The molecule has 3 atom stereocenters. The second-order valence-electron chi connectivity index (χ2n) is 10.5. The van der Waals surface area contributed by atoms with E-state index in [0.717, 1.165) is 11.6 Å². The lowest BCUT2D eigenvalue weighted by atomic mass is 9.86. The van der Waals surface area contributed by atoms with E-state index in [-0.39, 0.29) is 30.9 Å². The summed E-state index contributed by atoms with van der Waals surface area (Å²) in [7, 11) is 0. The van der Waals surface area contributed by atoms with Gasteiger partial charge in [-0.05, 0) is 41.2 Å². The Morgan fingerprint density at radius 3 is 2.36 bits per heavy atom. The molecule has 5 N–H and O–H groups in total. The number of nitrogens with one attached hydrogen (secondary N) is 2. The highest BCUT2D eigenvalue weighted by Crippen LogP contribution is 2.26. The Balaban J connectivity index is 1.53. The van der Waals surface area contributed by atoms with Crippen molar-refractivity contribution in [2.24, 2.45) is 11.1 Å². The average molecular weight is 567 g/mol. The molecule has 2 amide bonds. The third-order valence-electron chi connectivity index (χ3n) is 6.29. The molecular formula is C27H33F3N4O4S. The number of hydrogen-bond acceptors (Lipinski definition) is 6. The molecule has 1 aliphatic heterocycles. The molecule has 0 spiro atoms. The van der Waals surface area contributed by atoms with Gasteiger partial charge in [0.05, 0.1) is 0 Å². The number of halogens is 3. The minimum Gasteiger partial charge on any atom is -0.480 e. The van der Waals surface area contributed by atoms with E-state index in [9.17, 15) is 32.7 Å². The highest BCUT2D eigenvalue weighted by Gasteiger charge is 2.35. The highest BCUT2D eigenvalue weighted by atomic mass is 32.2. The summed E-state index contributed by atoms with van der Waals surface area (Å²) in [5, 5.41) is 14.6. The van der Waals surface area contributed by atoms with Gasteiger partial charge in [-0.25, -0.2) is 18.0 Å². The number of rotatable bonds is 10. The Bertz CT molecular complexity index is 1210. The lowest BCUT2D eigenvalue weighted by molar-refractivity contribution is -0.140. The van der Waals surface area contributed by atoms with Gasteiger partial charge in [-0.15, -0.1) is 11.8 Å². The molecule has 1 heterocycles. The maximum absolute atomic E-state index is 13.9. The lowest BCUT2D eigenvalue weighted by Gasteiger charge is -2.28. The second kappa shape index (κ2) is 12.7. The van der Waals surface area contributed by atoms with Crippen molar-refractivity contribution in [1.29, 1.82) is 0 Å². The quantitative estimate of drug-likeness (QED) is 0.325. The minimum atomic E-state index is -1.30. The summed E-state index contributed by atoms with van der Waals surface area (Å²) in [6.07, 6.45) is -0.358. The summed E-state index contributed by atoms with van der Waals surface area (Å²) in [4.78, 5) is 38.7. The fourth-order valence-electron chi connectivity index (χ4n) is 4.17. The Morgan fingerprint density at radius 1 is 1.10 bits per heavy atom. The number of nitrogens with two attached hydrogens (primary N) is 1. The van der Waals surface area contributed by atoms with Crippen molar-refractivity contribution in [3.05, 3.63) is 65.0 Å². The summed E-state index contributed by atoms with van der Waals surface area (Å²) in [5.41, 5.74) is 6.79. The van der Waals surface area contributed by atoms with Crippen molar-refractivity contribution < 1.29 is 32.7 Å². The topological polar surface area (TPSA) is 125 Å². The summed E-state index contributed by atoms with van der Waals surface area (Å²) in [6, 6.07) is 6.55. The number of aliphatic carboxylic acids is 1. The molecule has 0 aliphatic carbocycles. The predicted octanol–water partition coefficient (Wildman–Crippen LogP) is 3.49. The number of amides is 2. The van der Waals surface area contributed by atoms with Crippen LogP contribution in [0.3, 0.4) is 0 Å². The first-order chi connectivity index (χ1) is 18.3. The zero-order valence-electron chi connectivity index (χ0n) is 22.0. The van der Waals surface area contributed by atoms with Crippen LogP contribution in [0.15, 0.2) is 36.4 Å². The van der Waals surface area contributed by atoms with E-state index in [1.54, 1.807) is 24.3 Å². The third kappa shape index (κ3) is 8.12. The molecule has 3 rings (SSSR count). The van der Waals surface area contributed by atoms with E-state index in [0.29, 0.717) is 24.1 Å². The largest absolute Gasteiger partial charge is 0.480 e. The molecule has 39 heavy (non-hydrogen) atoms. The van der Waals surface area contributed by atoms with Gasteiger partial charge in [-0.3, -0.25) is 9.59 Å². The first-order valence-corrected chi connectivity index (χ1v) is 13.5. The van der Waals surface area contributed by atoms with E-state index in [1.807, 2.05) is 20.8 Å². The van der Waals surface area contributed by atoms with Crippen LogP contribution in [0.25, 0.3) is 0 Å². The molecule has 8 nitrogen and oxygen atoms in total. The smallest absolute Gasteiger partial charge is 0.326 e. The Kier molecular flexibility index (Phi) is 9.89. The highest BCUT2D eigenvalue weighted by molar-refractivity contribution is 8.00. The Morgan fingerprint density at radius 2 is 1.74 bits per heavy atom. The molecule has 1 aliphatic rings. The molecule has 1 saturated heterocycles. The fraction of sp³-hybridized carbons (Fsp3) is 0.444. The maximum atomic E-state index is 13.9. The molecule has 0 aromatic heterocycles. The van der Waals surface area contributed by atoms with Crippen LogP contribution >= 0.6 is 11.8 Å². The van der Waals surface area contributed by atoms with E-state index < -0.39 is 52.2 Å². The number of nitrogens with zero attached hydrogens (tertiary/aromatic N) is 1. The van der Waals surface area contributed by atoms with Crippen molar-refractivity contribution >= 4 is 35.2 Å². The first kappa shape index (κ1) is 30.3. The Labute approximate surface area is 229 Å². The van der Waals surface area contributed by atoms with Crippen molar-refractivity contribution in [3.8, 4) is 0 Å². The zero-order chi connectivity index (χ0) is 28.9. The molecule has 2 aromatic carbocycles. The monoisotopic (exact) mass is 566 g/mol. The summed E-state index contributed by atoms with van der Waals surface area (Å²) in [5.74, 6) is -4.59. The third-order valence-corrected chi connectivity index (χ3v) is 7.49. The van der Waals surface area contributed by atoms with Gasteiger partial charge in [0.2, 0.25) is 5.91 Å². The van der Waals surface area contributed by atoms with Gasteiger partial charge in [-0.2, -0.15) is 0 Å². The minimum absolute atomic E-state index is 0.127. The van der Waals surface area contributed by atoms with Crippen LogP contribution in [0, 0.1) is 22.9 Å². The van der Waals surface area contributed by atoms with Gasteiger partial charge in [0.1, 0.15) is 11.9 Å². The molecule has 1 fully saturated rings. The maximum Gasteiger partial charge on any atom is 0.326 e. The second-order valence-corrected chi connectivity index (χ2v) is 11.7. The number of anilines is 1. The van der Waals surface area contributed by atoms with Gasteiger partial charge < -0.3 is 26.4 Å². The van der Waals surface area contributed by atoms with Crippen molar-refractivity contribution in [2.45, 2.75) is 57.6 Å². The first-order valence-electron chi connectivity index (χ1n) is 12.4. The van der Waals surface area contributed by atoms with Gasteiger partial charge >= 0.3 is 5.97 Å². The molecule has 0 radical (unpaired) electrons. The molecule has 2 aromatic rings. The summed E-state index contributed by atoms with van der Waals surface area (Å²) < 4.78 is 40.6. The van der Waals surface area contributed by atoms with Gasteiger partial charge in [0, 0.05) is 43.1 Å². The number of thioether (sulfide) groups is 1. The SMILES string of the molecule is CC(C)(C)[C@H](Nc1ccc(CNC(=O)C2SCCN2C(=O)C[C@H](N)Cc2cc(F)c(F)cc2F)cc1)C(=O)O. The van der Waals surface area contributed by atoms with Gasteiger partial charge in [-0.1, -0.05) is 32.9 Å². The predicted molar refractivity (Wildman–Crippen MR) is 143 cm³/mol. The molecule has 1 unspecified atom stereocenters. The number of carbonyl (C=O) groups excluding carboxylic acids is 2. The molecule has 212 valence electrons. The molecule has 12 heteroatoms. The van der Waals surface area contributed by atoms with Crippen LogP contribution in [0.1, 0.15) is 38.3 Å². The summed E-state index contributed by atoms with van der Waals surface area (Å²) in [6.45, 7) is 6.04. The summed E-state index contributed by atoms with van der Waals surface area (Å²) >= 11 is 1.31. The van der Waals surface area contributed by atoms with Crippen LogP contribution in [0.5, 0.6) is 0 Å². The fourth-order valence-corrected chi connectivity index (χ4v) is 5.33.